The van der Waals surface area contributed by atoms with E-state index in [0.29, 0.717) is 18.0 Å². The number of ether oxygens (including phenoxy) is 1. The highest BCUT2D eigenvalue weighted by Gasteiger charge is 2.53. The lowest BCUT2D eigenvalue weighted by molar-refractivity contribution is -0.128. The molecule has 1 aromatic rings. The monoisotopic (exact) mass is 435 g/mol. The fraction of sp³-hybridized carbons (Fsp3) is 0.682. The summed E-state index contributed by atoms with van der Waals surface area (Å²) in [6.07, 6.45) is 5.15. The molecule has 8 heteroatoms. The van der Waals surface area contributed by atoms with Crippen molar-refractivity contribution in [2.75, 3.05) is 52.5 Å². The van der Waals surface area contributed by atoms with Crippen LogP contribution in [0.4, 0.5) is 0 Å². The fourth-order valence-electron chi connectivity index (χ4n) is 5.26. The molecule has 2 saturated heterocycles. The SMILES string of the molecule is O=C(NCCN1CCOCC1)C1CN(S(=O)(=O)c2ccccc2)CC12CCCCC2. The summed E-state index contributed by atoms with van der Waals surface area (Å²) >= 11 is 0. The van der Waals surface area contributed by atoms with Crippen molar-refractivity contribution >= 4 is 15.9 Å². The number of carbonyl (C=O) groups is 1. The molecule has 1 unspecified atom stereocenters. The van der Waals surface area contributed by atoms with Crippen molar-refractivity contribution in [3.63, 3.8) is 0 Å². The van der Waals surface area contributed by atoms with Gasteiger partial charge in [-0.05, 0) is 30.4 Å². The average molecular weight is 436 g/mol. The molecule has 1 aromatic carbocycles. The maximum absolute atomic E-state index is 13.2. The van der Waals surface area contributed by atoms with E-state index in [1.54, 1.807) is 28.6 Å². The van der Waals surface area contributed by atoms with Gasteiger partial charge in [-0.1, -0.05) is 37.5 Å². The Morgan fingerprint density at radius 2 is 1.80 bits per heavy atom. The highest BCUT2D eigenvalue weighted by Crippen LogP contribution is 2.48. The van der Waals surface area contributed by atoms with Gasteiger partial charge in [0.2, 0.25) is 15.9 Å². The maximum Gasteiger partial charge on any atom is 0.243 e. The molecule has 2 aliphatic heterocycles. The van der Waals surface area contributed by atoms with Crippen LogP contribution in [0.3, 0.4) is 0 Å². The molecule has 3 fully saturated rings. The standard InChI is InChI=1S/C22H33N3O4S/c26-21(23-11-12-24-13-15-29-16-14-24)20-17-25(18-22(20)9-5-2-6-10-22)30(27,28)19-7-3-1-4-8-19/h1,3-4,7-8,20H,2,5-6,9-18H2,(H,23,26). The molecule has 4 rings (SSSR count). The van der Waals surface area contributed by atoms with Crippen molar-refractivity contribution in [2.45, 2.75) is 37.0 Å². The number of rotatable bonds is 6. The molecular weight excluding hydrogens is 402 g/mol. The maximum atomic E-state index is 13.2. The van der Waals surface area contributed by atoms with Gasteiger partial charge < -0.3 is 10.1 Å². The van der Waals surface area contributed by atoms with Crippen molar-refractivity contribution in [1.82, 2.24) is 14.5 Å². The molecule has 7 nitrogen and oxygen atoms in total. The molecule has 166 valence electrons. The van der Waals surface area contributed by atoms with Crippen LogP contribution in [0.2, 0.25) is 0 Å². The molecule has 1 aliphatic carbocycles. The molecule has 3 aliphatic rings. The largest absolute Gasteiger partial charge is 0.379 e. The third-order valence-electron chi connectivity index (χ3n) is 6.99. The summed E-state index contributed by atoms with van der Waals surface area (Å²) in [7, 11) is -3.59. The first-order chi connectivity index (χ1) is 14.5. The molecular formula is C22H33N3O4S. The van der Waals surface area contributed by atoms with Crippen molar-refractivity contribution < 1.29 is 17.9 Å². The zero-order valence-electron chi connectivity index (χ0n) is 17.6. The summed E-state index contributed by atoms with van der Waals surface area (Å²) in [6.45, 7) is 5.40. The minimum absolute atomic E-state index is 0.0101. The Kier molecular flexibility index (Phi) is 6.77. The molecule has 2 heterocycles. The van der Waals surface area contributed by atoms with Gasteiger partial charge in [0.1, 0.15) is 0 Å². The molecule has 1 spiro atoms. The van der Waals surface area contributed by atoms with Crippen LogP contribution in [-0.2, 0) is 19.6 Å². The van der Waals surface area contributed by atoms with Crippen LogP contribution in [0, 0.1) is 11.3 Å². The molecule has 0 bridgehead atoms. The lowest BCUT2D eigenvalue weighted by atomic mass is 9.67. The van der Waals surface area contributed by atoms with Gasteiger partial charge in [0.25, 0.3) is 0 Å². The summed E-state index contributed by atoms with van der Waals surface area (Å²) in [5, 5.41) is 3.11. The molecule has 30 heavy (non-hydrogen) atoms. The number of carbonyl (C=O) groups excluding carboxylic acids is 1. The Morgan fingerprint density at radius 1 is 1.10 bits per heavy atom. The highest BCUT2D eigenvalue weighted by atomic mass is 32.2. The van der Waals surface area contributed by atoms with E-state index in [1.807, 2.05) is 6.07 Å². The quantitative estimate of drug-likeness (QED) is 0.736. The lowest BCUT2D eigenvalue weighted by Gasteiger charge is -2.37. The molecule has 0 radical (unpaired) electrons. The van der Waals surface area contributed by atoms with E-state index >= 15 is 0 Å². The van der Waals surface area contributed by atoms with Gasteiger partial charge in [-0.25, -0.2) is 8.42 Å². The lowest BCUT2D eigenvalue weighted by Crippen LogP contribution is -2.46. The third kappa shape index (κ3) is 4.56. The van der Waals surface area contributed by atoms with Crippen LogP contribution in [0.1, 0.15) is 32.1 Å². The van der Waals surface area contributed by atoms with E-state index in [2.05, 4.69) is 10.2 Å². The first kappa shape index (κ1) is 21.7. The molecule has 1 amide bonds. The van der Waals surface area contributed by atoms with Crippen LogP contribution >= 0.6 is 0 Å². The van der Waals surface area contributed by atoms with E-state index < -0.39 is 10.0 Å². The number of benzene rings is 1. The van der Waals surface area contributed by atoms with Crippen LogP contribution in [0.25, 0.3) is 0 Å². The number of hydrogen-bond donors (Lipinski definition) is 1. The predicted molar refractivity (Wildman–Crippen MR) is 114 cm³/mol. The predicted octanol–water partition coefficient (Wildman–Crippen LogP) is 1.71. The highest BCUT2D eigenvalue weighted by molar-refractivity contribution is 7.89. The number of amides is 1. The van der Waals surface area contributed by atoms with E-state index in [4.69, 9.17) is 4.74 Å². The second-order valence-corrected chi connectivity index (χ2v) is 10.8. The van der Waals surface area contributed by atoms with Gasteiger partial charge in [-0.3, -0.25) is 9.69 Å². The Balaban J connectivity index is 1.45. The fourth-order valence-corrected chi connectivity index (χ4v) is 6.83. The van der Waals surface area contributed by atoms with Crippen molar-refractivity contribution in [3.8, 4) is 0 Å². The van der Waals surface area contributed by atoms with Gasteiger partial charge in [-0.2, -0.15) is 4.31 Å². The van der Waals surface area contributed by atoms with E-state index in [9.17, 15) is 13.2 Å². The second kappa shape index (κ2) is 9.34. The van der Waals surface area contributed by atoms with E-state index in [-0.39, 0.29) is 23.8 Å². The summed E-state index contributed by atoms with van der Waals surface area (Å²) in [5.74, 6) is -0.267. The van der Waals surface area contributed by atoms with Crippen LogP contribution < -0.4 is 5.32 Å². The van der Waals surface area contributed by atoms with Crippen LogP contribution in [0.5, 0.6) is 0 Å². The van der Waals surface area contributed by atoms with Gasteiger partial charge >= 0.3 is 0 Å². The van der Waals surface area contributed by atoms with Gasteiger partial charge in [0.15, 0.2) is 0 Å². The van der Waals surface area contributed by atoms with Gasteiger partial charge in [-0.15, -0.1) is 0 Å². The number of sulfonamides is 1. The topological polar surface area (TPSA) is 79.0 Å². The van der Waals surface area contributed by atoms with Crippen molar-refractivity contribution in [3.05, 3.63) is 30.3 Å². The molecule has 1 saturated carbocycles. The van der Waals surface area contributed by atoms with Gasteiger partial charge in [0.05, 0.1) is 24.0 Å². The van der Waals surface area contributed by atoms with E-state index in [0.717, 1.165) is 58.5 Å². The Hall–Kier alpha value is -1.48. The van der Waals surface area contributed by atoms with Crippen LogP contribution in [-0.4, -0.2) is 76.0 Å². The first-order valence-electron chi connectivity index (χ1n) is 11.1. The Morgan fingerprint density at radius 3 is 2.50 bits per heavy atom. The Bertz CT molecular complexity index is 818. The minimum Gasteiger partial charge on any atom is -0.379 e. The molecule has 1 N–H and O–H groups in total. The minimum atomic E-state index is -3.59. The molecule has 1 atom stereocenters. The Labute approximate surface area is 179 Å². The summed E-state index contributed by atoms with van der Waals surface area (Å²) in [4.78, 5) is 15.8. The van der Waals surface area contributed by atoms with E-state index in [1.165, 1.54) is 6.42 Å². The van der Waals surface area contributed by atoms with Crippen LogP contribution in [0.15, 0.2) is 35.2 Å². The number of hydrogen-bond acceptors (Lipinski definition) is 5. The number of nitrogens with one attached hydrogen (secondary N) is 1. The zero-order valence-corrected chi connectivity index (χ0v) is 18.4. The zero-order chi connectivity index (χ0) is 21.0. The van der Waals surface area contributed by atoms with Crippen molar-refractivity contribution in [2.24, 2.45) is 11.3 Å². The average Bonchev–Trinajstić information content (AvgIpc) is 3.15. The summed E-state index contributed by atoms with van der Waals surface area (Å²) in [5.41, 5.74) is -0.233. The molecule has 0 aromatic heterocycles. The summed E-state index contributed by atoms with van der Waals surface area (Å²) in [6, 6.07) is 8.58. The number of nitrogens with zero attached hydrogens (tertiary/aromatic N) is 2. The van der Waals surface area contributed by atoms with Crippen molar-refractivity contribution in [1.29, 1.82) is 0 Å². The number of morpholine rings is 1. The van der Waals surface area contributed by atoms with Gasteiger partial charge in [0, 0.05) is 39.3 Å². The first-order valence-corrected chi connectivity index (χ1v) is 12.6. The smallest absolute Gasteiger partial charge is 0.243 e. The second-order valence-electron chi connectivity index (χ2n) is 8.83. The normalized spacial score (nSPS) is 25.4. The third-order valence-corrected chi connectivity index (χ3v) is 8.82. The summed E-state index contributed by atoms with van der Waals surface area (Å²) < 4.78 is 33.4.